The molecule has 1 fully saturated rings. The van der Waals surface area contributed by atoms with Gasteiger partial charge in [-0.1, -0.05) is 25.7 Å². The lowest BCUT2D eigenvalue weighted by Gasteiger charge is -2.11. The average molecular weight is 172 g/mol. The molecule has 12 heavy (non-hydrogen) atoms. The average Bonchev–Trinajstić information content (AvgIpc) is 2.05. The van der Waals surface area contributed by atoms with Crippen molar-refractivity contribution in [2.45, 2.75) is 38.5 Å². The maximum atomic E-state index is 3.08. The molecule has 0 unspecified atom stereocenters. The maximum absolute atomic E-state index is 3.08. The Morgan fingerprint density at radius 3 is 1.42 bits per heavy atom. The van der Waals surface area contributed by atoms with Gasteiger partial charge in [0.05, 0.1) is 0 Å². The summed E-state index contributed by atoms with van der Waals surface area (Å²) in [5.41, 5.74) is 11.9. The van der Waals surface area contributed by atoms with Gasteiger partial charge in [0.15, 0.2) is 0 Å². The van der Waals surface area contributed by atoms with Crippen molar-refractivity contribution in [1.82, 2.24) is 21.9 Å². The molecule has 0 aliphatic carbocycles. The molecule has 0 aromatic rings. The maximum Gasteiger partial charge on any atom is 0.0113 e. The van der Waals surface area contributed by atoms with E-state index in [0.717, 1.165) is 13.1 Å². The second kappa shape index (κ2) is 7.49. The highest BCUT2D eigenvalue weighted by Gasteiger charge is 1.93. The fraction of sp³-hybridized carbons (Fsp3) is 1.00. The Morgan fingerprint density at radius 2 is 0.917 bits per heavy atom. The molecule has 4 nitrogen and oxygen atoms in total. The first-order chi connectivity index (χ1) is 6.00. The molecule has 1 rings (SSSR count). The van der Waals surface area contributed by atoms with Crippen LogP contribution in [0.25, 0.3) is 0 Å². The summed E-state index contributed by atoms with van der Waals surface area (Å²) in [6, 6.07) is 0. The van der Waals surface area contributed by atoms with Gasteiger partial charge in [-0.3, -0.25) is 0 Å². The zero-order chi connectivity index (χ0) is 8.49. The summed E-state index contributed by atoms with van der Waals surface area (Å²) in [6.07, 6.45) is 7.98. The fourth-order valence-electron chi connectivity index (χ4n) is 1.35. The van der Waals surface area contributed by atoms with Gasteiger partial charge in [0.2, 0.25) is 0 Å². The van der Waals surface area contributed by atoms with Crippen LogP contribution in [0.3, 0.4) is 0 Å². The van der Waals surface area contributed by atoms with Crippen LogP contribution >= 0.6 is 0 Å². The van der Waals surface area contributed by atoms with Gasteiger partial charge >= 0.3 is 0 Å². The molecular weight excluding hydrogens is 152 g/mol. The third-order valence-electron chi connectivity index (χ3n) is 2.09. The van der Waals surface area contributed by atoms with Crippen LogP contribution in [0.15, 0.2) is 0 Å². The van der Waals surface area contributed by atoms with Crippen molar-refractivity contribution in [3.05, 3.63) is 0 Å². The molecule has 1 aliphatic heterocycles. The lowest BCUT2D eigenvalue weighted by Crippen LogP contribution is -2.51. The van der Waals surface area contributed by atoms with E-state index in [1.807, 2.05) is 0 Å². The predicted molar refractivity (Wildman–Crippen MR) is 50.0 cm³/mol. The zero-order valence-electron chi connectivity index (χ0n) is 7.66. The van der Waals surface area contributed by atoms with Crippen LogP contribution in [0.1, 0.15) is 38.5 Å². The van der Waals surface area contributed by atoms with Crippen LogP contribution in [0.2, 0.25) is 0 Å². The predicted octanol–water partition coefficient (Wildman–Crippen LogP) is 0.444. The number of hydrogen-bond donors (Lipinski definition) is 4. The van der Waals surface area contributed by atoms with E-state index < -0.39 is 0 Å². The summed E-state index contributed by atoms with van der Waals surface area (Å²) in [5.74, 6) is 0. The van der Waals surface area contributed by atoms with Gasteiger partial charge in [0.25, 0.3) is 0 Å². The molecule has 4 N–H and O–H groups in total. The Hall–Kier alpha value is -0.160. The summed E-state index contributed by atoms with van der Waals surface area (Å²) >= 11 is 0. The minimum atomic E-state index is 1.04. The molecule has 0 aromatic heterocycles. The van der Waals surface area contributed by atoms with Gasteiger partial charge in [-0.2, -0.15) is 11.1 Å². The van der Waals surface area contributed by atoms with Crippen LogP contribution in [0.4, 0.5) is 0 Å². The van der Waals surface area contributed by atoms with Gasteiger partial charge in [0, 0.05) is 13.1 Å². The molecule has 1 heterocycles. The van der Waals surface area contributed by atoms with Gasteiger partial charge in [-0.05, 0) is 12.8 Å². The largest absolute Gasteiger partial charge is 0.243 e. The summed E-state index contributed by atoms with van der Waals surface area (Å²) in [4.78, 5) is 0. The molecule has 1 saturated heterocycles. The molecule has 0 saturated carbocycles. The summed E-state index contributed by atoms with van der Waals surface area (Å²) < 4.78 is 0. The van der Waals surface area contributed by atoms with E-state index in [9.17, 15) is 0 Å². The van der Waals surface area contributed by atoms with Crippen LogP contribution in [-0.4, -0.2) is 13.1 Å². The van der Waals surface area contributed by atoms with Crippen LogP contribution in [-0.2, 0) is 0 Å². The summed E-state index contributed by atoms with van der Waals surface area (Å²) in [5, 5.41) is 0. The molecule has 0 spiro atoms. The Labute approximate surface area is 74.4 Å². The molecule has 0 amide bonds. The first-order valence-electron chi connectivity index (χ1n) is 4.96. The van der Waals surface area contributed by atoms with Gasteiger partial charge in [0.1, 0.15) is 0 Å². The molecule has 0 aromatic carbocycles. The van der Waals surface area contributed by atoms with Crippen molar-refractivity contribution in [3.8, 4) is 0 Å². The highest BCUT2D eigenvalue weighted by Crippen LogP contribution is 2.04. The lowest BCUT2D eigenvalue weighted by molar-refractivity contribution is 0.354. The van der Waals surface area contributed by atoms with E-state index in [0.29, 0.717) is 0 Å². The van der Waals surface area contributed by atoms with Crippen molar-refractivity contribution in [1.29, 1.82) is 0 Å². The second-order valence-corrected chi connectivity index (χ2v) is 3.22. The quantitative estimate of drug-likeness (QED) is 0.428. The topological polar surface area (TPSA) is 48.1 Å². The number of hydrazine groups is 3. The molecule has 0 atom stereocenters. The van der Waals surface area contributed by atoms with Gasteiger partial charge in [-0.25, -0.2) is 10.9 Å². The van der Waals surface area contributed by atoms with Crippen molar-refractivity contribution < 1.29 is 0 Å². The second-order valence-electron chi connectivity index (χ2n) is 3.22. The van der Waals surface area contributed by atoms with E-state index in [1.165, 1.54) is 38.5 Å². The molecule has 0 radical (unpaired) electrons. The fourth-order valence-corrected chi connectivity index (χ4v) is 1.35. The highest BCUT2D eigenvalue weighted by atomic mass is 15.7. The SMILES string of the molecule is C1CCCCNNNNCCC1. The Balaban J connectivity index is 2.00. The minimum Gasteiger partial charge on any atom is -0.243 e. The number of hydrogen-bond acceptors (Lipinski definition) is 4. The van der Waals surface area contributed by atoms with Crippen molar-refractivity contribution in [2.75, 3.05) is 13.1 Å². The van der Waals surface area contributed by atoms with Gasteiger partial charge in [-0.15, -0.1) is 0 Å². The van der Waals surface area contributed by atoms with Crippen molar-refractivity contribution in [2.24, 2.45) is 0 Å². The van der Waals surface area contributed by atoms with E-state index in [4.69, 9.17) is 0 Å². The molecule has 0 bridgehead atoms. The minimum absolute atomic E-state index is 1.04. The smallest absolute Gasteiger partial charge is 0.0113 e. The molecule has 4 heteroatoms. The Bertz CT molecular complexity index is 54.0. The first-order valence-corrected chi connectivity index (χ1v) is 4.96. The van der Waals surface area contributed by atoms with E-state index in [-0.39, 0.29) is 0 Å². The monoisotopic (exact) mass is 172 g/mol. The van der Waals surface area contributed by atoms with E-state index >= 15 is 0 Å². The van der Waals surface area contributed by atoms with Crippen LogP contribution < -0.4 is 21.9 Å². The lowest BCUT2D eigenvalue weighted by atomic mass is 10.1. The summed E-state index contributed by atoms with van der Waals surface area (Å²) in [6.45, 7) is 2.07. The van der Waals surface area contributed by atoms with Crippen molar-refractivity contribution in [3.63, 3.8) is 0 Å². The van der Waals surface area contributed by atoms with E-state index in [2.05, 4.69) is 21.9 Å². The highest BCUT2D eigenvalue weighted by molar-refractivity contribution is 4.49. The third kappa shape index (κ3) is 5.49. The van der Waals surface area contributed by atoms with Crippen LogP contribution in [0, 0.1) is 0 Å². The third-order valence-corrected chi connectivity index (χ3v) is 2.09. The zero-order valence-corrected chi connectivity index (χ0v) is 7.66. The number of nitrogens with one attached hydrogen (secondary N) is 4. The molecule has 72 valence electrons. The first kappa shape index (κ1) is 9.92. The van der Waals surface area contributed by atoms with E-state index in [1.54, 1.807) is 0 Å². The Kier molecular flexibility index (Phi) is 6.19. The van der Waals surface area contributed by atoms with Crippen molar-refractivity contribution >= 4 is 0 Å². The van der Waals surface area contributed by atoms with Crippen LogP contribution in [0.5, 0.6) is 0 Å². The van der Waals surface area contributed by atoms with Gasteiger partial charge < -0.3 is 0 Å². The molecule has 1 aliphatic rings. The Morgan fingerprint density at radius 1 is 0.500 bits per heavy atom. The normalized spacial score (nSPS) is 24.0. The standard InChI is InChI=1S/C8H20N4/c1-2-4-6-8-10-12-11-9-7-5-3-1/h9-12H,1-8H2. The molecular formula is C8H20N4. The number of rotatable bonds is 0. The summed E-state index contributed by atoms with van der Waals surface area (Å²) in [7, 11) is 0.